The van der Waals surface area contributed by atoms with Crippen molar-refractivity contribution >= 4 is 11.8 Å². The number of Topliss-reactive ketones (excluding diaryl/α,β-unsaturated/α-hetero) is 1. The summed E-state index contributed by atoms with van der Waals surface area (Å²) in [6.07, 6.45) is 6.32. The van der Waals surface area contributed by atoms with Crippen molar-refractivity contribution in [2.45, 2.75) is 71.8 Å². The Bertz CT molecular complexity index is 251. The zero-order valence-electron chi connectivity index (χ0n) is 12.6. The van der Waals surface area contributed by atoms with Crippen molar-refractivity contribution in [1.29, 1.82) is 0 Å². The number of rotatable bonds is 12. The van der Waals surface area contributed by atoms with E-state index >= 15 is 0 Å². The van der Waals surface area contributed by atoms with Gasteiger partial charge in [0.05, 0.1) is 19.1 Å². The Morgan fingerprint density at radius 3 is 2.42 bits per heavy atom. The summed E-state index contributed by atoms with van der Waals surface area (Å²) in [5.74, 6) is -0.350. The largest absolute Gasteiger partial charge is 0.466 e. The van der Waals surface area contributed by atoms with Gasteiger partial charge in [-0.15, -0.1) is 0 Å². The molecule has 0 rings (SSSR count). The van der Waals surface area contributed by atoms with Crippen LogP contribution in [0.25, 0.3) is 0 Å². The Kier molecular flexibility index (Phi) is 11.6. The maximum Gasteiger partial charge on any atom is 0.306 e. The van der Waals surface area contributed by atoms with E-state index in [1.807, 2.05) is 6.92 Å². The standard InChI is InChI=1S/C15H28O4/c1-4-6-7-8-9-13(3)19-12-14(16)10-11-15(17)18-5-2/h13H,4-12H2,1-3H3. The highest BCUT2D eigenvalue weighted by Crippen LogP contribution is 2.08. The summed E-state index contributed by atoms with van der Waals surface area (Å²) in [4.78, 5) is 22.6. The predicted molar refractivity (Wildman–Crippen MR) is 75.0 cm³/mol. The van der Waals surface area contributed by atoms with E-state index in [1.54, 1.807) is 6.92 Å². The van der Waals surface area contributed by atoms with E-state index < -0.39 is 0 Å². The number of esters is 1. The first kappa shape index (κ1) is 18.1. The summed E-state index contributed by atoms with van der Waals surface area (Å²) >= 11 is 0. The molecular formula is C15H28O4. The van der Waals surface area contributed by atoms with E-state index in [-0.39, 0.29) is 37.3 Å². The SMILES string of the molecule is CCCCCCC(C)OCC(=O)CCC(=O)OCC. The van der Waals surface area contributed by atoms with Crippen LogP contribution in [0, 0.1) is 0 Å². The van der Waals surface area contributed by atoms with Crippen molar-refractivity contribution in [2.24, 2.45) is 0 Å². The van der Waals surface area contributed by atoms with E-state index in [0.29, 0.717) is 6.61 Å². The summed E-state index contributed by atoms with van der Waals surface area (Å²) in [6.45, 7) is 6.39. The van der Waals surface area contributed by atoms with Crippen molar-refractivity contribution in [3.63, 3.8) is 0 Å². The third-order valence-electron chi connectivity index (χ3n) is 2.91. The lowest BCUT2D eigenvalue weighted by molar-refractivity contribution is -0.144. The Hall–Kier alpha value is -0.900. The van der Waals surface area contributed by atoms with E-state index in [4.69, 9.17) is 9.47 Å². The zero-order valence-corrected chi connectivity index (χ0v) is 12.6. The maximum absolute atomic E-state index is 11.5. The molecule has 0 amide bonds. The van der Waals surface area contributed by atoms with E-state index in [9.17, 15) is 9.59 Å². The van der Waals surface area contributed by atoms with Gasteiger partial charge in [0.15, 0.2) is 5.78 Å². The van der Waals surface area contributed by atoms with E-state index in [2.05, 4.69) is 6.92 Å². The monoisotopic (exact) mass is 272 g/mol. The molecule has 0 aromatic carbocycles. The molecule has 0 heterocycles. The van der Waals surface area contributed by atoms with Crippen LogP contribution in [0.1, 0.15) is 65.7 Å². The second-order valence-corrected chi connectivity index (χ2v) is 4.81. The summed E-state index contributed by atoms with van der Waals surface area (Å²) < 4.78 is 10.2. The van der Waals surface area contributed by atoms with Crippen LogP contribution >= 0.6 is 0 Å². The van der Waals surface area contributed by atoms with Crippen LogP contribution in [0.15, 0.2) is 0 Å². The molecule has 1 atom stereocenters. The van der Waals surface area contributed by atoms with Gasteiger partial charge in [0.25, 0.3) is 0 Å². The third-order valence-corrected chi connectivity index (χ3v) is 2.91. The van der Waals surface area contributed by atoms with Crippen molar-refractivity contribution in [3.05, 3.63) is 0 Å². The molecule has 19 heavy (non-hydrogen) atoms. The fourth-order valence-electron chi connectivity index (χ4n) is 1.72. The molecule has 4 heteroatoms. The topological polar surface area (TPSA) is 52.6 Å². The highest BCUT2D eigenvalue weighted by molar-refractivity contribution is 5.83. The molecule has 0 aliphatic heterocycles. The fraction of sp³-hybridized carbons (Fsp3) is 0.867. The van der Waals surface area contributed by atoms with Crippen molar-refractivity contribution in [2.75, 3.05) is 13.2 Å². The van der Waals surface area contributed by atoms with Crippen LogP contribution in [0.2, 0.25) is 0 Å². The number of hydrogen-bond donors (Lipinski definition) is 0. The summed E-state index contributed by atoms with van der Waals surface area (Å²) in [5.41, 5.74) is 0. The Morgan fingerprint density at radius 1 is 1.05 bits per heavy atom. The molecule has 0 spiro atoms. The van der Waals surface area contributed by atoms with Gasteiger partial charge in [-0.25, -0.2) is 0 Å². The second kappa shape index (κ2) is 12.2. The predicted octanol–water partition coefficient (Wildman–Crippen LogP) is 3.27. The van der Waals surface area contributed by atoms with E-state index in [1.165, 1.54) is 19.3 Å². The lowest BCUT2D eigenvalue weighted by atomic mass is 10.1. The minimum absolute atomic E-state index is 0.0338. The number of carbonyl (C=O) groups excluding carboxylic acids is 2. The third kappa shape index (κ3) is 11.9. The Morgan fingerprint density at radius 2 is 1.79 bits per heavy atom. The van der Waals surface area contributed by atoms with Gasteiger partial charge < -0.3 is 9.47 Å². The van der Waals surface area contributed by atoms with Gasteiger partial charge in [0, 0.05) is 6.42 Å². The van der Waals surface area contributed by atoms with E-state index in [0.717, 1.165) is 12.8 Å². The average Bonchev–Trinajstić information content (AvgIpc) is 2.39. The minimum atomic E-state index is -0.316. The van der Waals surface area contributed by atoms with Gasteiger partial charge in [-0.1, -0.05) is 32.6 Å². The van der Waals surface area contributed by atoms with Gasteiger partial charge in [-0.2, -0.15) is 0 Å². The van der Waals surface area contributed by atoms with Crippen LogP contribution in [0.4, 0.5) is 0 Å². The number of carbonyl (C=O) groups is 2. The normalized spacial score (nSPS) is 12.2. The quantitative estimate of drug-likeness (QED) is 0.404. The van der Waals surface area contributed by atoms with Crippen LogP contribution in [0.3, 0.4) is 0 Å². The van der Waals surface area contributed by atoms with Crippen LogP contribution in [-0.4, -0.2) is 31.1 Å². The lowest BCUT2D eigenvalue weighted by Gasteiger charge is -2.12. The lowest BCUT2D eigenvalue weighted by Crippen LogP contribution is -2.17. The number of ether oxygens (including phenoxy) is 2. The molecule has 112 valence electrons. The molecule has 0 aliphatic carbocycles. The van der Waals surface area contributed by atoms with Gasteiger partial charge >= 0.3 is 5.97 Å². The number of ketones is 1. The molecule has 0 N–H and O–H groups in total. The van der Waals surface area contributed by atoms with Gasteiger partial charge in [-0.3, -0.25) is 9.59 Å². The van der Waals surface area contributed by atoms with Crippen molar-refractivity contribution in [3.8, 4) is 0 Å². The fourth-order valence-corrected chi connectivity index (χ4v) is 1.72. The molecule has 1 unspecified atom stereocenters. The maximum atomic E-state index is 11.5. The molecule has 0 fully saturated rings. The Labute approximate surface area is 116 Å². The number of unbranched alkanes of at least 4 members (excludes halogenated alkanes) is 3. The minimum Gasteiger partial charge on any atom is -0.466 e. The highest BCUT2D eigenvalue weighted by Gasteiger charge is 2.10. The molecule has 0 aromatic heterocycles. The van der Waals surface area contributed by atoms with Crippen LogP contribution in [0.5, 0.6) is 0 Å². The van der Waals surface area contributed by atoms with Crippen molar-refractivity contribution < 1.29 is 19.1 Å². The summed E-state index contributed by atoms with van der Waals surface area (Å²) in [6, 6.07) is 0. The smallest absolute Gasteiger partial charge is 0.306 e. The molecular weight excluding hydrogens is 244 g/mol. The summed E-state index contributed by atoms with van der Waals surface area (Å²) in [7, 11) is 0. The zero-order chi connectivity index (χ0) is 14.5. The van der Waals surface area contributed by atoms with Crippen LogP contribution < -0.4 is 0 Å². The van der Waals surface area contributed by atoms with Crippen molar-refractivity contribution in [1.82, 2.24) is 0 Å². The molecule has 0 radical (unpaired) electrons. The average molecular weight is 272 g/mol. The van der Waals surface area contributed by atoms with Crippen LogP contribution in [-0.2, 0) is 19.1 Å². The summed E-state index contributed by atoms with van der Waals surface area (Å²) in [5, 5.41) is 0. The van der Waals surface area contributed by atoms with Gasteiger partial charge in [0.2, 0.25) is 0 Å². The first-order valence-corrected chi connectivity index (χ1v) is 7.39. The molecule has 0 bridgehead atoms. The van der Waals surface area contributed by atoms with Gasteiger partial charge in [0.1, 0.15) is 6.61 Å². The highest BCUT2D eigenvalue weighted by atomic mass is 16.5. The Balaban J connectivity index is 3.52. The first-order valence-electron chi connectivity index (χ1n) is 7.39. The second-order valence-electron chi connectivity index (χ2n) is 4.81. The molecule has 0 saturated heterocycles. The molecule has 0 saturated carbocycles. The van der Waals surface area contributed by atoms with Gasteiger partial charge in [-0.05, 0) is 20.3 Å². The molecule has 4 nitrogen and oxygen atoms in total. The molecule has 0 aromatic rings. The number of hydrogen-bond acceptors (Lipinski definition) is 4. The molecule has 0 aliphatic rings. The first-order chi connectivity index (χ1) is 9.10.